The molecule has 9 heteroatoms. The van der Waals surface area contributed by atoms with Gasteiger partial charge in [0.2, 0.25) is 0 Å². The van der Waals surface area contributed by atoms with Crippen molar-refractivity contribution in [3.05, 3.63) is 84.6 Å². The second-order valence-corrected chi connectivity index (χ2v) is 9.04. The van der Waals surface area contributed by atoms with Crippen molar-refractivity contribution in [1.29, 1.82) is 0 Å². The number of aryl methyl sites for hydroxylation is 1. The zero-order valence-electron chi connectivity index (χ0n) is 28.5. The molecule has 4 aromatic heterocycles. The molecule has 6 rings (SSSR count). The number of aromatic nitrogens is 6. The zero-order valence-corrected chi connectivity index (χ0v) is 20.5. The van der Waals surface area contributed by atoms with E-state index < -0.39 is 32.2 Å². The van der Waals surface area contributed by atoms with Gasteiger partial charge in [0, 0.05) is 67.8 Å². The number of fused-ring (bicyclic) bond motifs is 1. The number of likely N-dealkylation sites (tertiary alicyclic amines) is 1. The first-order valence-electron chi connectivity index (χ1n) is 16.3. The van der Waals surface area contributed by atoms with Crippen LogP contribution < -0.4 is 10.6 Å². The van der Waals surface area contributed by atoms with Crippen molar-refractivity contribution in [3.8, 4) is 17.1 Å². The lowest BCUT2D eigenvalue weighted by molar-refractivity contribution is 0.203. The predicted octanol–water partition coefficient (Wildman–Crippen LogP) is 4.26. The molecule has 5 heterocycles. The Morgan fingerprint density at radius 1 is 0.974 bits per heavy atom. The highest BCUT2D eigenvalue weighted by Crippen LogP contribution is 2.30. The van der Waals surface area contributed by atoms with Gasteiger partial charge in [-0.05, 0) is 67.7 Å². The van der Waals surface area contributed by atoms with Gasteiger partial charge in [0.15, 0.2) is 11.5 Å². The molecule has 0 saturated carbocycles. The number of anilines is 2. The molecule has 1 aliphatic heterocycles. The topological polar surface area (TPSA) is 102 Å². The van der Waals surface area contributed by atoms with Crippen LogP contribution in [0.2, 0.25) is 0 Å². The minimum absolute atomic E-state index is 0.00657. The van der Waals surface area contributed by atoms with Gasteiger partial charge in [-0.2, -0.15) is 0 Å². The van der Waals surface area contributed by atoms with Gasteiger partial charge in [0.1, 0.15) is 23.0 Å². The Morgan fingerprint density at radius 2 is 1.79 bits per heavy atom. The van der Waals surface area contributed by atoms with Gasteiger partial charge in [-0.15, -0.1) is 0 Å². The largest absolute Gasteiger partial charge is 0.383 e. The Hall–Kier alpha value is -4.37. The number of piperidine rings is 1. The second-order valence-electron chi connectivity index (χ2n) is 9.04. The molecule has 0 atom stereocenters. The van der Waals surface area contributed by atoms with E-state index in [0.29, 0.717) is 52.5 Å². The lowest BCUT2D eigenvalue weighted by Crippen LogP contribution is -2.43. The van der Waals surface area contributed by atoms with Crippen molar-refractivity contribution in [2.45, 2.75) is 32.2 Å². The van der Waals surface area contributed by atoms with Crippen LogP contribution in [0.5, 0.6) is 0 Å². The predicted molar refractivity (Wildman–Crippen MR) is 150 cm³/mol. The maximum atomic E-state index is 9.03. The average molecular weight is 514 g/mol. The molecule has 2 N–H and O–H groups in total. The molecule has 0 bridgehead atoms. The van der Waals surface area contributed by atoms with E-state index in [1.54, 1.807) is 53.7 Å². The lowest BCUT2D eigenvalue weighted by Gasteiger charge is -2.37. The highest BCUT2D eigenvalue weighted by molar-refractivity contribution is 5.82. The number of nitrogens with zero attached hydrogens (tertiary/aromatic N) is 8. The Morgan fingerprint density at radius 3 is 2.58 bits per heavy atom. The van der Waals surface area contributed by atoms with Crippen LogP contribution in [-0.4, -0.2) is 60.5 Å². The molecule has 38 heavy (non-hydrogen) atoms. The number of benzene rings is 1. The van der Waals surface area contributed by atoms with Gasteiger partial charge in [-0.25, -0.2) is 24.9 Å². The first-order valence-corrected chi connectivity index (χ1v) is 12.3. The van der Waals surface area contributed by atoms with Gasteiger partial charge in [0.05, 0.1) is 5.56 Å². The molecule has 0 radical (unpaired) electrons. The number of pyridine rings is 2. The molecule has 0 spiro atoms. The van der Waals surface area contributed by atoms with Crippen LogP contribution >= 0.6 is 0 Å². The van der Waals surface area contributed by atoms with Crippen LogP contribution in [0.15, 0.2) is 73.2 Å². The summed E-state index contributed by atoms with van der Waals surface area (Å²) in [6, 6.07) is 15.2. The number of hydrogen-bond donors (Lipinski definition) is 1. The van der Waals surface area contributed by atoms with E-state index in [2.05, 4.69) is 19.9 Å². The van der Waals surface area contributed by atoms with Gasteiger partial charge in [-0.1, -0.05) is 12.1 Å². The minimum Gasteiger partial charge on any atom is -0.383 e. The highest BCUT2D eigenvalue weighted by Gasteiger charge is 2.24. The summed E-state index contributed by atoms with van der Waals surface area (Å²) in [5.41, 5.74) is 9.27. The molecule has 5 aromatic rings. The molecule has 9 nitrogen and oxygen atoms in total. The number of nitrogen functional groups attached to an aromatic ring is 1. The molecular weight excluding hydrogens is 474 g/mol. The maximum Gasteiger partial charge on any atom is 0.164 e. The quantitative estimate of drug-likeness (QED) is 0.359. The van der Waals surface area contributed by atoms with Crippen molar-refractivity contribution < 1.29 is 11.0 Å². The molecule has 1 saturated heterocycles. The second kappa shape index (κ2) is 10.2. The molecule has 1 fully saturated rings. The normalized spacial score (nSPS) is 18.8. The standard InChI is InChI=1S/C29H31N9/c1-20-31-16-11-26(34-20)36(2)22-12-17-37(18-13-22)19-21-7-9-23(10-8-21)38-28(24-5-3-14-32-27(24)30)35-25-6-4-15-33-29(25)38/h3-11,14-16,22H,12-13,17-19H2,1-2H3,(H2,30,32)/i1D3,2D3,19D2. The SMILES string of the molecule is [2H]C([2H])([2H])c1nccc(N(C2CCN(C([2H])([2H])c3ccc(-n4c(-c5cccnc5N)nc5cccnc54)cc3)CC2)C([2H])([2H])[2H])n1. The van der Waals surface area contributed by atoms with E-state index in [-0.39, 0.29) is 18.9 Å². The number of nitrogens with two attached hydrogens (primary N) is 1. The summed E-state index contributed by atoms with van der Waals surface area (Å²) >= 11 is 0. The Balaban J connectivity index is 1.24. The summed E-state index contributed by atoms with van der Waals surface area (Å²) in [6.45, 7) is -6.49. The monoisotopic (exact) mass is 513 g/mol. The van der Waals surface area contributed by atoms with Crippen molar-refractivity contribution in [2.75, 3.05) is 30.7 Å². The summed E-state index contributed by atoms with van der Waals surface area (Å²) in [4.78, 5) is 24.2. The minimum atomic E-state index is -2.59. The average Bonchev–Trinajstić information content (AvgIpc) is 3.40. The third-order valence-electron chi connectivity index (χ3n) is 6.63. The summed E-state index contributed by atoms with van der Waals surface area (Å²) in [6.07, 6.45) is 5.18. The van der Waals surface area contributed by atoms with Crippen LogP contribution in [-0.2, 0) is 6.50 Å². The van der Waals surface area contributed by atoms with E-state index in [9.17, 15) is 0 Å². The summed E-state index contributed by atoms with van der Waals surface area (Å²) < 4.78 is 67.3. The number of rotatable bonds is 6. The Kier molecular flexibility index (Phi) is 4.41. The first-order chi connectivity index (χ1) is 21.7. The molecule has 1 aliphatic rings. The van der Waals surface area contributed by atoms with Gasteiger partial charge in [0.25, 0.3) is 0 Å². The fraction of sp³-hybridized carbons (Fsp3) is 0.276. The lowest BCUT2D eigenvalue weighted by atomic mass is 10.0. The van der Waals surface area contributed by atoms with Crippen molar-refractivity contribution in [1.82, 2.24) is 34.4 Å². The molecule has 0 unspecified atom stereocenters. The fourth-order valence-electron chi connectivity index (χ4n) is 4.72. The van der Waals surface area contributed by atoms with Crippen molar-refractivity contribution in [2.24, 2.45) is 0 Å². The third-order valence-corrected chi connectivity index (χ3v) is 6.63. The van der Waals surface area contributed by atoms with E-state index in [1.807, 2.05) is 16.7 Å². The third kappa shape index (κ3) is 4.68. The zero-order chi connectivity index (χ0) is 32.9. The fourth-order valence-corrected chi connectivity index (χ4v) is 4.72. The maximum absolute atomic E-state index is 9.03. The van der Waals surface area contributed by atoms with Crippen LogP contribution in [0.1, 0.15) is 35.2 Å². The Bertz CT molecular complexity index is 1850. The van der Waals surface area contributed by atoms with Crippen LogP contribution in [0.3, 0.4) is 0 Å². The van der Waals surface area contributed by atoms with E-state index in [4.69, 9.17) is 21.7 Å². The van der Waals surface area contributed by atoms with Gasteiger partial charge >= 0.3 is 0 Å². The van der Waals surface area contributed by atoms with Crippen LogP contribution in [0.25, 0.3) is 28.2 Å². The summed E-state index contributed by atoms with van der Waals surface area (Å²) in [5, 5.41) is 0. The van der Waals surface area contributed by atoms with Gasteiger partial charge in [-0.3, -0.25) is 9.47 Å². The molecular formula is C29H31N9. The number of imidazole rings is 1. The molecule has 0 amide bonds. The highest BCUT2D eigenvalue weighted by atomic mass is 15.2. The molecule has 1 aromatic carbocycles. The smallest absolute Gasteiger partial charge is 0.164 e. The van der Waals surface area contributed by atoms with Gasteiger partial charge < -0.3 is 10.6 Å². The first kappa shape index (κ1) is 16.5. The van der Waals surface area contributed by atoms with Crippen LogP contribution in [0, 0.1) is 6.85 Å². The summed E-state index contributed by atoms with van der Waals surface area (Å²) in [5.74, 6) is 0.467. The Labute approximate surface area is 233 Å². The van der Waals surface area contributed by atoms with E-state index in [1.165, 1.54) is 12.3 Å². The van der Waals surface area contributed by atoms with Crippen molar-refractivity contribution >= 4 is 22.8 Å². The van der Waals surface area contributed by atoms with Crippen LogP contribution in [0.4, 0.5) is 11.6 Å². The van der Waals surface area contributed by atoms with E-state index in [0.717, 1.165) is 4.90 Å². The molecule has 0 aliphatic carbocycles. The number of hydrogen-bond acceptors (Lipinski definition) is 8. The van der Waals surface area contributed by atoms with Crippen molar-refractivity contribution in [3.63, 3.8) is 0 Å². The van der Waals surface area contributed by atoms with E-state index >= 15 is 0 Å². The summed E-state index contributed by atoms with van der Waals surface area (Å²) in [7, 11) is 0. The molecule has 192 valence electrons.